The van der Waals surface area contributed by atoms with Crippen molar-refractivity contribution in [2.24, 2.45) is 0 Å². The molecule has 0 aliphatic heterocycles. The van der Waals surface area contributed by atoms with E-state index in [0.717, 1.165) is 31.4 Å². The molecule has 1 rings (SSSR count). The maximum atomic E-state index is 10.3. The van der Waals surface area contributed by atoms with Crippen LogP contribution in [0.5, 0.6) is 0 Å². The van der Waals surface area contributed by atoms with E-state index in [-0.39, 0.29) is 35.4 Å². The fraction of sp³-hybridized carbons (Fsp3) is 0.556. The Balaban J connectivity index is 0.00000169. The molecule has 4 nitrogen and oxygen atoms in total. The Morgan fingerprint density at radius 2 is 2.29 bits per heavy atom. The molecule has 0 unspecified atom stereocenters. The monoisotopic (exact) mass is 204 g/mol. The predicted octanol–water partition coefficient (Wildman–Crippen LogP) is -2.49. The maximum absolute atomic E-state index is 10.3. The molecule has 1 N–H and O–H groups in total. The van der Waals surface area contributed by atoms with Crippen molar-refractivity contribution in [1.29, 1.82) is 0 Å². The van der Waals surface area contributed by atoms with Crippen LogP contribution in [0.4, 0.5) is 0 Å². The molecule has 0 aliphatic rings. The van der Waals surface area contributed by atoms with Crippen LogP contribution in [0.15, 0.2) is 6.20 Å². The molecule has 72 valence electrons. The summed E-state index contributed by atoms with van der Waals surface area (Å²) in [5.41, 5.74) is 0.868. The second kappa shape index (κ2) is 7.04. The van der Waals surface area contributed by atoms with E-state index < -0.39 is 5.97 Å². The number of carboxylic acid groups (broad SMARTS) is 1. The first kappa shape index (κ1) is 13.7. The molecule has 0 spiro atoms. The molecule has 0 fully saturated rings. The van der Waals surface area contributed by atoms with Crippen LogP contribution in [-0.2, 0) is 6.42 Å². The van der Waals surface area contributed by atoms with E-state index in [0.29, 0.717) is 0 Å². The molecule has 0 aliphatic carbocycles. The fourth-order valence-electron chi connectivity index (χ4n) is 1.16. The van der Waals surface area contributed by atoms with Crippen molar-refractivity contribution in [3.05, 3.63) is 17.7 Å². The average Bonchev–Trinajstić information content (AvgIpc) is 2.53. The third-order valence-corrected chi connectivity index (χ3v) is 1.87. The van der Waals surface area contributed by atoms with Crippen LogP contribution in [0.3, 0.4) is 0 Å². The van der Waals surface area contributed by atoms with E-state index in [1.165, 1.54) is 0 Å². The van der Waals surface area contributed by atoms with E-state index in [4.69, 9.17) is 0 Å². The number of aromatic nitrogens is 2. The number of nitrogens with zero attached hydrogens (tertiary/aromatic N) is 1. The van der Waals surface area contributed by atoms with Gasteiger partial charge in [0.2, 0.25) is 0 Å². The Bertz CT molecular complexity index is 286. The molecular formula is C9H13N2NaO2. The number of nitrogens with one attached hydrogen (secondary N) is 1. The van der Waals surface area contributed by atoms with E-state index in [1.807, 2.05) is 0 Å². The van der Waals surface area contributed by atoms with Crippen molar-refractivity contribution >= 4 is 5.97 Å². The number of hydrogen-bond donors (Lipinski definition) is 1. The van der Waals surface area contributed by atoms with E-state index >= 15 is 0 Å². The van der Waals surface area contributed by atoms with Crippen LogP contribution in [0.25, 0.3) is 0 Å². The number of carbonyl (C=O) groups excluding carboxylic acids is 1. The minimum Gasteiger partial charge on any atom is -0.542 e. The summed E-state index contributed by atoms with van der Waals surface area (Å²) in [5.74, 6) is -1.33. The molecular weight excluding hydrogens is 191 g/mol. The minimum atomic E-state index is -1.25. The summed E-state index contributed by atoms with van der Waals surface area (Å²) in [4.78, 5) is 16.7. The smallest absolute Gasteiger partial charge is 0.542 e. The van der Waals surface area contributed by atoms with Crippen LogP contribution < -0.4 is 34.7 Å². The first-order valence-corrected chi connectivity index (χ1v) is 4.49. The summed E-state index contributed by atoms with van der Waals surface area (Å²) in [6.07, 6.45) is 5.78. The zero-order chi connectivity index (χ0) is 9.68. The Labute approximate surface area is 105 Å². The topological polar surface area (TPSA) is 68.8 Å². The van der Waals surface area contributed by atoms with Crippen LogP contribution in [0, 0.1) is 0 Å². The predicted molar refractivity (Wildman–Crippen MR) is 46.1 cm³/mol. The molecule has 0 saturated heterocycles. The SMILES string of the molecule is CCCCCc1cnc(C(=O)[O-])[nH]1.[Na+]. The quantitative estimate of drug-likeness (QED) is 0.426. The summed E-state index contributed by atoms with van der Waals surface area (Å²) >= 11 is 0. The van der Waals surface area contributed by atoms with E-state index in [9.17, 15) is 9.90 Å². The van der Waals surface area contributed by atoms with Gasteiger partial charge < -0.3 is 14.9 Å². The van der Waals surface area contributed by atoms with Gasteiger partial charge in [0, 0.05) is 11.9 Å². The van der Waals surface area contributed by atoms with Gasteiger partial charge >= 0.3 is 29.6 Å². The van der Waals surface area contributed by atoms with Gasteiger partial charge in [0.15, 0.2) is 5.82 Å². The van der Waals surface area contributed by atoms with Gasteiger partial charge in [-0.2, -0.15) is 0 Å². The Morgan fingerprint density at radius 3 is 2.79 bits per heavy atom. The van der Waals surface area contributed by atoms with Gasteiger partial charge in [0.05, 0.1) is 0 Å². The first-order chi connectivity index (χ1) is 6.24. The number of aryl methyl sites for hydroxylation is 1. The number of hydrogen-bond acceptors (Lipinski definition) is 3. The Morgan fingerprint density at radius 1 is 1.57 bits per heavy atom. The molecule has 1 aromatic rings. The largest absolute Gasteiger partial charge is 1.00 e. The number of imidazole rings is 1. The summed E-state index contributed by atoms with van der Waals surface area (Å²) in [6, 6.07) is 0. The average molecular weight is 204 g/mol. The molecule has 1 heterocycles. The summed E-state index contributed by atoms with van der Waals surface area (Å²) in [7, 11) is 0. The molecule has 0 bridgehead atoms. The van der Waals surface area contributed by atoms with Gasteiger partial charge in [-0.15, -0.1) is 0 Å². The maximum Gasteiger partial charge on any atom is 1.00 e. The standard InChI is InChI=1S/C9H14N2O2.Na/c1-2-3-4-5-7-6-10-8(11-7)9(12)13;/h6H,2-5H2,1H3,(H,10,11)(H,12,13);/q;+1/p-1. The van der Waals surface area contributed by atoms with Crippen molar-refractivity contribution in [1.82, 2.24) is 9.97 Å². The Kier molecular flexibility index (Phi) is 6.87. The molecule has 1 aromatic heterocycles. The first-order valence-electron chi connectivity index (χ1n) is 4.49. The molecule has 14 heavy (non-hydrogen) atoms. The number of rotatable bonds is 5. The molecule has 5 heteroatoms. The number of H-pyrrole nitrogens is 1. The van der Waals surface area contributed by atoms with Crippen molar-refractivity contribution in [2.45, 2.75) is 32.6 Å². The molecule has 0 saturated carbocycles. The van der Waals surface area contributed by atoms with Gasteiger partial charge in [0.1, 0.15) is 5.97 Å². The third-order valence-electron chi connectivity index (χ3n) is 1.87. The van der Waals surface area contributed by atoms with Gasteiger partial charge in [-0.1, -0.05) is 19.8 Å². The minimum absolute atomic E-state index is 0. The van der Waals surface area contributed by atoms with Gasteiger partial charge in [-0.05, 0) is 12.8 Å². The third kappa shape index (κ3) is 4.26. The van der Waals surface area contributed by atoms with Crippen molar-refractivity contribution in [3.8, 4) is 0 Å². The molecule has 0 atom stereocenters. The summed E-state index contributed by atoms with van der Waals surface area (Å²) in [5, 5.41) is 10.3. The van der Waals surface area contributed by atoms with Gasteiger partial charge in [-0.3, -0.25) is 0 Å². The van der Waals surface area contributed by atoms with Crippen molar-refractivity contribution in [3.63, 3.8) is 0 Å². The zero-order valence-corrected chi connectivity index (χ0v) is 10.7. The van der Waals surface area contributed by atoms with E-state index in [1.54, 1.807) is 6.20 Å². The van der Waals surface area contributed by atoms with Crippen LogP contribution in [-0.4, -0.2) is 15.9 Å². The molecule has 0 aromatic carbocycles. The number of unbranched alkanes of at least 4 members (excludes halogenated alkanes) is 2. The normalized spacial score (nSPS) is 9.50. The summed E-state index contributed by atoms with van der Waals surface area (Å²) in [6.45, 7) is 2.12. The second-order valence-corrected chi connectivity index (χ2v) is 3.00. The second-order valence-electron chi connectivity index (χ2n) is 3.00. The van der Waals surface area contributed by atoms with Gasteiger partial charge in [0.25, 0.3) is 0 Å². The summed E-state index contributed by atoms with van der Waals surface area (Å²) < 4.78 is 0. The van der Waals surface area contributed by atoms with Crippen molar-refractivity contribution < 1.29 is 39.5 Å². The van der Waals surface area contributed by atoms with Crippen molar-refractivity contribution in [2.75, 3.05) is 0 Å². The number of aromatic carboxylic acids is 1. The van der Waals surface area contributed by atoms with Gasteiger partial charge in [-0.25, -0.2) is 4.98 Å². The van der Waals surface area contributed by atoms with Crippen LogP contribution in [0.1, 0.15) is 42.5 Å². The number of aromatic amines is 1. The molecule has 0 radical (unpaired) electrons. The molecule has 0 amide bonds. The number of carboxylic acids is 1. The van der Waals surface area contributed by atoms with E-state index in [2.05, 4.69) is 16.9 Å². The zero-order valence-electron chi connectivity index (χ0n) is 8.67. The van der Waals surface area contributed by atoms with Crippen LogP contribution >= 0.6 is 0 Å². The number of carbonyl (C=O) groups is 1. The fourth-order valence-corrected chi connectivity index (χ4v) is 1.16. The van der Waals surface area contributed by atoms with Crippen LogP contribution in [0.2, 0.25) is 0 Å². The Hall–Kier alpha value is -0.320.